The third-order valence-corrected chi connectivity index (χ3v) is 4.97. The second-order valence-electron chi connectivity index (χ2n) is 7.31. The van der Waals surface area contributed by atoms with Gasteiger partial charge in [-0.25, -0.2) is 0 Å². The van der Waals surface area contributed by atoms with Gasteiger partial charge in [0, 0.05) is 45.7 Å². The van der Waals surface area contributed by atoms with Gasteiger partial charge in [0.2, 0.25) is 0 Å². The number of hydrogen-bond acceptors (Lipinski definition) is 10. The molecule has 0 radical (unpaired) electrons. The summed E-state index contributed by atoms with van der Waals surface area (Å²) in [6.07, 6.45) is 6.69. The zero-order chi connectivity index (χ0) is 23.5. The number of nitro groups is 1. The summed E-state index contributed by atoms with van der Waals surface area (Å²) < 4.78 is 10.9. The van der Waals surface area contributed by atoms with Crippen LogP contribution in [0.25, 0.3) is 0 Å². The molecule has 0 saturated carbocycles. The van der Waals surface area contributed by atoms with Crippen LogP contribution in [0.2, 0.25) is 0 Å². The lowest BCUT2D eigenvalue weighted by molar-refractivity contribution is -0.384. The quantitative estimate of drug-likeness (QED) is 0.514. The van der Waals surface area contributed by atoms with Crippen LogP contribution in [0.1, 0.15) is 21.3 Å². The first kappa shape index (κ1) is 28.0. The Hall–Kier alpha value is -3.02. The SMILES string of the molecule is C.CC1CN(c2ccncc2N)CCO1.CC1CN(c2ccncc2[N+](=O)[O-])CCO1.CO. The van der Waals surface area contributed by atoms with E-state index in [0.29, 0.717) is 25.4 Å². The van der Waals surface area contributed by atoms with E-state index >= 15 is 0 Å². The molecule has 0 spiro atoms. The maximum absolute atomic E-state index is 10.9. The average Bonchev–Trinajstić information content (AvgIpc) is 2.81. The number of aliphatic hydroxyl groups excluding tert-OH is 1. The van der Waals surface area contributed by atoms with Crippen LogP contribution in [-0.2, 0) is 9.47 Å². The number of nitrogens with two attached hydrogens (primary N) is 1. The minimum Gasteiger partial charge on any atom is -0.400 e. The second-order valence-corrected chi connectivity index (χ2v) is 7.31. The number of nitrogens with zero attached hydrogens (tertiary/aromatic N) is 5. The van der Waals surface area contributed by atoms with E-state index in [1.165, 1.54) is 6.20 Å². The van der Waals surface area contributed by atoms with Gasteiger partial charge in [-0.15, -0.1) is 0 Å². The zero-order valence-electron chi connectivity index (χ0n) is 18.8. The summed E-state index contributed by atoms with van der Waals surface area (Å²) in [6, 6.07) is 3.63. The molecule has 11 heteroatoms. The highest BCUT2D eigenvalue weighted by atomic mass is 16.6. The molecule has 4 heterocycles. The number of pyridine rings is 2. The lowest BCUT2D eigenvalue weighted by Crippen LogP contribution is -2.41. The van der Waals surface area contributed by atoms with Gasteiger partial charge in [0.1, 0.15) is 11.9 Å². The van der Waals surface area contributed by atoms with Crippen molar-refractivity contribution in [3.8, 4) is 0 Å². The standard InChI is InChI=1S/C10H13N3O3.C10H15N3O.CH4O.CH4/c1-8-7-12(4-5-16-8)9-2-3-11-6-10(9)13(14)15;1-8-7-13(4-5-14-8)10-2-3-12-6-9(10)11;1-2;/h2-3,6,8H,4-5,7H2,1H3;2-3,6,8H,4-5,7,11H2,1H3;2H,1H3;1H4. The van der Waals surface area contributed by atoms with Gasteiger partial charge >= 0.3 is 5.69 Å². The van der Waals surface area contributed by atoms with Crippen molar-refractivity contribution in [2.45, 2.75) is 33.5 Å². The van der Waals surface area contributed by atoms with Crippen molar-refractivity contribution in [2.24, 2.45) is 0 Å². The molecular weight excluding hydrogens is 428 g/mol. The van der Waals surface area contributed by atoms with Gasteiger partial charge in [0.05, 0.1) is 47.9 Å². The number of rotatable bonds is 3. The molecule has 184 valence electrons. The summed E-state index contributed by atoms with van der Waals surface area (Å²) in [5.74, 6) is 0. The van der Waals surface area contributed by atoms with E-state index in [0.717, 1.165) is 38.2 Å². The Morgan fingerprint density at radius 1 is 1.00 bits per heavy atom. The third kappa shape index (κ3) is 8.12. The van der Waals surface area contributed by atoms with Gasteiger partial charge in [0.15, 0.2) is 0 Å². The van der Waals surface area contributed by atoms with Crippen LogP contribution in [0.15, 0.2) is 36.9 Å². The molecule has 2 aromatic rings. The smallest absolute Gasteiger partial charge is 0.310 e. The lowest BCUT2D eigenvalue weighted by atomic mass is 10.2. The van der Waals surface area contributed by atoms with E-state index in [-0.39, 0.29) is 25.3 Å². The molecule has 2 atom stereocenters. The van der Waals surface area contributed by atoms with Crippen LogP contribution in [0.3, 0.4) is 0 Å². The molecule has 0 aromatic carbocycles. The average molecular weight is 465 g/mol. The highest BCUT2D eigenvalue weighted by molar-refractivity contribution is 5.66. The lowest BCUT2D eigenvalue weighted by Gasteiger charge is -2.33. The van der Waals surface area contributed by atoms with Crippen molar-refractivity contribution in [2.75, 3.05) is 62.0 Å². The van der Waals surface area contributed by atoms with Gasteiger partial charge < -0.3 is 30.1 Å². The first-order valence-electron chi connectivity index (χ1n) is 10.4. The topological polar surface area (TPSA) is 140 Å². The molecule has 2 aliphatic rings. The van der Waals surface area contributed by atoms with E-state index in [1.54, 1.807) is 24.7 Å². The summed E-state index contributed by atoms with van der Waals surface area (Å²) >= 11 is 0. The fraction of sp³-hybridized carbons (Fsp3) is 0.545. The number of nitrogen functional groups attached to an aromatic ring is 1. The normalized spacial score (nSPS) is 19.8. The number of hydrogen-bond donors (Lipinski definition) is 2. The monoisotopic (exact) mass is 464 g/mol. The minimum atomic E-state index is -0.400. The summed E-state index contributed by atoms with van der Waals surface area (Å²) in [4.78, 5) is 22.4. The molecule has 2 aromatic heterocycles. The van der Waals surface area contributed by atoms with Gasteiger partial charge in [0.25, 0.3) is 0 Å². The molecule has 3 N–H and O–H groups in total. The second kappa shape index (κ2) is 14.2. The van der Waals surface area contributed by atoms with Crippen LogP contribution >= 0.6 is 0 Å². The van der Waals surface area contributed by atoms with Crippen molar-refractivity contribution in [1.29, 1.82) is 0 Å². The largest absolute Gasteiger partial charge is 0.400 e. The van der Waals surface area contributed by atoms with E-state index in [4.69, 9.17) is 20.3 Å². The van der Waals surface area contributed by atoms with Crippen molar-refractivity contribution >= 4 is 22.7 Å². The van der Waals surface area contributed by atoms with Gasteiger partial charge in [-0.05, 0) is 26.0 Å². The maximum Gasteiger partial charge on any atom is 0.310 e. The first-order chi connectivity index (χ1) is 15.5. The van der Waals surface area contributed by atoms with E-state index in [1.807, 2.05) is 17.9 Å². The molecule has 2 fully saturated rings. The molecule has 33 heavy (non-hydrogen) atoms. The van der Waals surface area contributed by atoms with Crippen LogP contribution in [-0.4, -0.2) is 78.7 Å². The Labute approximate surface area is 195 Å². The Morgan fingerprint density at radius 3 is 1.97 bits per heavy atom. The molecule has 0 aliphatic carbocycles. The predicted octanol–water partition coefficient (Wildman–Crippen LogP) is 2.35. The van der Waals surface area contributed by atoms with Gasteiger partial charge in [-0.1, -0.05) is 7.43 Å². The Balaban J connectivity index is 0.000000301. The Kier molecular flexibility index (Phi) is 12.0. The number of aliphatic hydroxyl groups is 1. The molecule has 0 bridgehead atoms. The fourth-order valence-electron chi connectivity index (χ4n) is 3.55. The van der Waals surface area contributed by atoms with Crippen molar-refractivity contribution in [1.82, 2.24) is 9.97 Å². The summed E-state index contributed by atoms with van der Waals surface area (Å²) in [7, 11) is 1.00. The molecule has 2 aliphatic heterocycles. The van der Waals surface area contributed by atoms with Crippen molar-refractivity contribution in [3.05, 3.63) is 47.0 Å². The number of morpholine rings is 2. The third-order valence-electron chi connectivity index (χ3n) is 4.97. The summed E-state index contributed by atoms with van der Waals surface area (Å²) in [5, 5.41) is 17.9. The predicted molar refractivity (Wildman–Crippen MR) is 130 cm³/mol. The Morgan fingerprint density at radius 2 is 1.48 bits per heavy atom. The summed E-state index contributed by atoms with van der Waals surface area (Å²) in [5.41, 5.74) is 8.33. The molecule has 2 unspecified atom stereocenters. The molecule has 2 saturated heterocycles. The molecule has 11 nitrogen and oxygen atoms in total. The molecular formula is C22H36N6O5. The Bertz CT molecular complexity index is 856. The molecule has 4 rings (SSSR count). The fourth-order valence-corrected chi connectivity index (χ4v) is 3.55. The number of ether oxygens (including phenoxy) is 2. The van der Waals surface area contributed by atoms with Crippen LogP contribution < -0.4 is 15.5 Å². The van der Waals surface area contributed by atoms with Crippen molar-refractivity contribution in [3.63, 3.8) is 0 Å². The number of anilines is 3. The van der Waals surface area contributed by atoms with E-state index in [9.17, 15) is 10.1 Å². The molecule has 0 amide bonds. The van der Waals surface area contributed by atoms with Crippen LogP contribution in [0.4, 0.5) is 22.7 Å². The first-order valence-corrected chi connectivity index (χ1v) is 10.4. The summed E-state index contributed by atoms with van der Waals surface area (Å²) in [6.45, 7) is 8.54. The minimum absolute atomic E-state index is 0. The highest BCUT2D eigenvalue weighted by Crippen LogP contribution is 2.27. The van der Waals surface area contributed by atoms with Crippen LogP contribution in [0.5, 0.6) is 0 Å². The number of aromatic nitrogens is 2. The maximum atomic E-state index is 10.9. The van der Waals surface area contributed by atoms with E-state index < -0.39 is 4.92 Å². The highest BCUT2D eigenvalue weighted by Gasteiger charge is 2.23. The van der Waals surface area contributed by atoms with Gasteiger partial charge in [-0.3, -0.25) is 20.1 Å². The van der Waals surface area contributed by atoms with Crippen molar-refractivity contribution < 1.29 is 19.5 Å². The van der Waals surface area contributed by atoms with Gasteiger partial charge in [-0.2, -0.15) is 0 Å². The zero-order valence-corrected chi connectivity index (χ0v) is 18.8. The van der Waals surface area contributed by atoms with Crippen LogP contribution in [0, 0.1) is 10.1 Å². The van der Waals surface area contributed by atoms with E-state index in [2.05, 4.69) is 21.8 Å².